The highest BCUT2D eigenvalue weighted by Gasteiger charge is 2.16. The van der Waals surface area contributed by atoms with Gasteiger partial charge >= 0.3 is 0 Å². The first kappa shape index (κ1) is 14.0. The van der Waals surface area contributed by atoms with Gasteiger partial charge in [0.15, 0.2) is 0 Å². The van der Waals surface area contributed by atoms with E-state index in [-0.39, 0.29) is 9.92 Å². The van der Waals surface area contributed by atoms with Crippen molar-refractivity contribution in [2.24, 2.45) is 0 Å². The van der Waals surface area contributed by atoms with Crippen molar-refractivity contribution in [3.05, 3.63) is 29.3 Å². The van der Waals surface area contributed by atoms with E-state index >= 15 is 0 Å². The third-order valence-electron chi connectivity index (χ3n) is 2.13. The molecule has 0 heterocycles. The second-order valence-corrected chi connectivity index (χ2v) is 5.59. The molecule has 1 aromatic rings. The number of hydrogen-bond donors (Lipinski definition) is 1. The van der Waals surface area contributed by atoms with Gasteiger partial charge in [-0.15, -0.1) is 0 Å². The van der Waals surface area contributed by atoms with Crippen LogP contribution in [0.2, 0.25) is 5.02 Å². The van der Waals surface area contributed by atoms with Crippen LogP contribution in [0.3, 0.4) is 0 Å². The van der Waals surface area contributed by atoms with Gasteiger partial charge in [0.05, 0.1) is 11.1 Å². The molecule has 0 aliphatic heterocycles. The van der Waals surface area contributed by atoms with Crippen LogP contribution in [0.5, 0.6) is 0 Å². The number of rotatable bonds is 6. The minimum absolute atomic E-state index is 0.0851. The van der Waals surface area contributed by atoms with E-state index in [4.69, 9.17) is 16.9 Å². The summed E-state index contributed by atoms with van der Waals surface area (Å²) in [6.45, 7) is 0.315. The van der Waals surface area contributed by atoms with Gasteiger partial charge in [0.1, 0.15) is 4.90 Å². The lowest BCUT2D eigenvalue weighted by Gasteiger charge is -2.07. The van der Waals surface area contributed by atoms with Crippen LogP contribution < -0.4 is 4.72 Å². The summed E-state index contributed by atoms with van der Waals surface area (Å²) in [6, 6.07) is 8.30. The van der Waals surface area contributed by atoms with Crippen molar-refractivity contribution in [1.29, 1.82) is 5.26 Å². The van der Waals surface area contributed by atoms with Gasteiger partial charge in [-0.25, -0.2) is 13.1 Å². The maximum atomic E-state index is 11.8. The van der Waals surface area contributed by atoms with Crippen LogP contribution in [0.1, 0.15) is 19.3 Å². The van der Waals surface area contributed by atoms with Crippen molar-refractivity contribution >= 4 is 21.6 Å². The molecule has 92 valence electrons. The summed E-state index contributed by atoms with van der Waals surface area (Å²) in [5.41, 5.74) is 0. The zero-order valence-corrected chi connectivity index (χ0v) is 10.8. The molecule has 4 nitrogen and oxygen atoms in total. The highest BCUT2D eigenvalue weighted by molar-refractivity contribution is 7.89. The van der Waals surface area contributed by atoms with Crippen LogP contribution >= 0.6 is 11.6 Å². The molecule has 0 aliphatic rings. The summed E-state index contributed by atoms with van der Waals surface area (Å²) in [5.74, 6) is 0. The molecule has 0 aromatic heterocycles. The molecule has 1 aromatic carbocycles. The molecule has 0 unspecified atom stereocenters. The Kier molecular flexibility index (Phi) is 5.42. The van der Waals surface area contributed by atoms with E-state index in [0.717, 1.165) is 0 Å². The fourth-order valence-corrected chi connectivity index (χ4v) is 2.87. The standard InChI is InChI=1S/C11H13ClN2O2S/c12-10-6-2-3-7-11(10)17(15,16)14-9-5-1-4-8-13/h2-3,6-7,14H,1,4-5,9H2. The Morgan fingerprint density at radius 1 is 1.29 bits per heavy atom. The van der Waals surface area contributed by atoms with Crippen molar-refractivity contribution in [2.75, 3.05) is 6.54 Å². The predicted molar refractivity (Wildman–Crippen MR) is 66.1 cm³/mol. The first-order chi connectivity index (χ1) is 8.08. The monoisotopic (exact) mass is 272 g/mol. The molecule has 1 rings (SSSR count). The molecular formula is C11H13ClN2O2S. The topological polar surface area (TPSA) is 70.0 Å². The van der Waals surface area contributed by atoms with Gasteiger partial charge in [-0.2, -0.15) is 5.26 Å². The van der Waals surface area contributed by atoms with E-state index in [1.807, 2.05) is 6.07 Å². The molecule has 0 saturated heterocycles. The van der Waals surface area contributed by atoms with Gasteiger partial charge < -0.3 is 0 Å². The molecule has 0 radical (unpaired) electrons. The number of hydrogen-bond acceptors (Lipinski definition) is 3. The Morgan fingerprint density at radius 2 is 2.00 bits per heavy atom. The van der Waals surface area contributed by atoms with Gasteiger partial charge in [-0.1, -0.05) is 23.7 Å². The van der Waals surface area contributed by atoms with Crippen LogP contribution in [0, 0.1) is 11.3 Å². The summed E-state index contributed by atoms with van der Waals surface area (Å²) in [7, 11) is -3.54. The second kappa shape index (κ2) is 6.60. The fourth-order valence-electron chi connectivity index (χ4n) is 1.28. The van der Waals surface area contributed by atoms with Crippen LogP contribution in [-0.4, -0.2) is 15.0 Å². The van der Waals surface area contributed by atoms with Gasteiger partial charge in [0.2, 0.25) is 10.0 Å². The lowest BCUT2D eigenvalue weighted by Crippen LogP contribution is -2.25. The normalized spacial score (nSPS) is 11.1. The van der Waals surface area contributed by atoms with Crippen molar-refractivity contribution in [3.63, 3.8) is 0 Å². The highest BCUT2D eigenvalue weighted by atomic mass is 35.5. The van der Waals surface area contributed by atoms with Crippen molar-refractivity contribution in [3.8, 4) is 6.07 Å². The molecule has 0 amide bonds. The summed E-state index contributed by atoms with van der Waals surface area (Å²) in [4.78, 5) is 0.0851. The quantitative estimate of drug-likeness (QED) is 0.808. The van der Waals surface area contributed by atoms with Crippen LogP contribution in [0.25, 0.3) is 0 Å². The number of nitrogens with one attached hydrogen (secondary N) is 1. The first-order valence-corrected chi connectivity index (χ1v) is 7.05. The number of unbranched alkanes of at least 4 members (excludes halogenated alkanes) is 2. The Bertz CT molecular complexity index is 508. The van der Waals surface area contributed by atoms with Crippen molar-refractivity contribution in [2.45, 2.75) is 24.2 Å². The van der Waals surface area contributed by atoms with Crippen LogP contribution in [0.4, 0.5) is 0 Å². The van der Waals surface area contributed by atoms with E-state index in [0.29, 0.717) is 25.8 Å². The zero-order valence-electron chi connectivity index (χ0n) is 9.19. The third kappa shape index (κ3) is 4.35. The number of nitrogens with zero attached hydrogens (tertiary/aromatic N) is 1. The maximum Gasteiger partial charge on any atom is 0.242 e. The molecule has 6 heteroatoms. The van der Waals surface area contributed by atoms with E-state index in [1.54, 1.807) is 12.1 Å². The first-order valence-electron chi connectivity index (χ1n) is 5.19. The van der Waals surface area contributed by atoms with Gasteiger partial charge in [-0.05, 0) is 25.0 Å². The molecule has 17 heavy (non-hydrogen) atoms. The minimum atomic E-state index is -3.54. The van der Waals surface area contributed by atoms with E-state index in [9.17, 15) is 8.42 Å². The minimum Gasteiger partial charge on any atom is -0.211 e. The van der Waals surface area contributed by atoms with Gasteiger partial charge in [0.25, 0.3) is 0 Å². The Balaban J connectivity index is 2.59. The SMILES string of the molecule is N#CCCCCNS(=O)(=O)c1ccccc1Cl. The smallest absolute Gasteiger partial charge is 0.211 e. The highest BCUT2D eigenvalue weighted by Crippen LogP contribution is 2.19. The fraction of sp³-hybridized carbons (Fsp3) is 0.364. The lowest BCUT2D eigenvalue weighted by atomic mass is 10.2. The molecule has 0 bridgehead atoms. The summed E-state index contributed by atoms with van der Waals surface area (Å²) in [6.07, 6.45) is 1.76. The summed E-state index contributed by atoms with van der Waals surface area (Å²) < 4.78 is 26.1. The summed E-state index contributed by atoms with van der Waals surface area (Å²) >= 11 is 5.81. The molecule has 0 aliphatic carbocycles. The van der Waals surface area contributed by atoms with Crippen LogP contribution in [-0.2, 0) is 10.0 Å². The predicted octanol–water partition coefficient (Wildman–Crippen LogP) is 2.31. The number of sulfonamides is 1. The van der Waals surface area contributed by atoms with E-state index in [2.05, 4.69) is 4.72 Å². The second-order valence-electron chi connectivity index (χ2n) is 3.44. The van der Waals surface area contributed by atoms with Gasteiger partial charge in [-0.3, -0.25) is 0 Å². The largest absolute Gasteiger partial charge is 0.242 e. The summed E-state index contributed by atoms with van der Waals surface area (Å²) in [5, 5.41) is 8.54. The Hall–Kier alpha value is -1.09. The molecule has 0 spiro atoms. The van der Waals surface area contributed by atoms with Gasteiger partial charge in [0, 0.05) is 13.0 Å². The third-order valence-corrected chi connectivity index (χ3v) is 4.09. The molecule has 0 saturated carbocycles. The molecule has 0 atom stereocenters. The number of nitriles is 1. The van der Waals surface area contributed by atoms with Crippen molar-refractivity contribution < 1.29 is 8.42 Å². The Labute approximate surface area is 106 Å². The molecule has 1 N–H and O–H groups in total. The van der Waals surface area contributed by atoms with Crippen LogP contribution in [0.15, 0.2) is 29.2 Å². The van der Waals surface area contributed by atoms with E-state index in [1.165, 1.54) is 12.1 Å². The number of halogens is 1. The molecule has 0 fully saturated rings. The zero-order chi connectivity index (χ0) is 12.7. The average Bonchev–Trinajstić information content (AvgIpc) is 2.29. The maximum absolute atomic E-state index is 11.8. The lowest BCUT2D eigenvalue weighted by molar-refractivity contribution is 0.577. The van der Waals surface area contributed by atoms with E-state index < -0.39 is 10.0 Å². The van der Waals surface area contributed by atoms with Crippen molar-refractivity contribution in [1.82, 2.24) is 4.72 Å². The number of benzene rings is 1. The molecular weight excluding hydrogens is 260 g/mol. The average molecular weight is 273 g/mol. The Morgan fingerprint density at radius 3 is 2.65 bits per heavy atom.